The van der Waals surface area contributed by atoms with E-state index in [1.165, 1.54) is 0 Å². The second-order valence-electron chi connectivity index (χ2n) is 5.50. The van der Waals surface area contributed by atoms with E-state index in [2.05, 4.69) is 13.8 Å². The number of benzene rings is 1. The molecule has 0 bridgehead atoms. The predicted molar refractivity (Wildman–Crippen MR) is 73.4 cm³/mol. The van der Waals surface area contributed by atoms with E-state index >= 15 is 0 Å². The summed E-state index contributed by atoms with van der Waals surface area (Å²) in [7, 11) is 0. The monoisotopic (exact) mass is 272 g/mol. The quantitative estimate of drug-likeness (QED) is 0.707. The Morgan fingerprint density at radius 2 is 1.76 bits per heavy atom. The third-order valence-electron chi connectivity index (χ3n) is 3.74. The average molecular weight is 273 g/mol. The normalized spacial score (nSPS) is 26.5. The molecule has 2 unspecified atom stereocenters. The van der Waals surface area contributed by atoms with Gasteiger partial charge in [-0.05, 0) is 37.1 Å². The van der Waals surface area contributed by atoms with Crippen LogP contribution in [0.2, 0.25) is 5.02 Å². The summed E-state index contributed by atoms with van der Waals surface area (Å²) < 4.78 is 6.11. The van der Waals surface area contributed by atoms with Crippen LogP contribution in [0.3, 0.4) is 0 Å². The molecule has 1 aliphatic rings. The predicted octanol–water partition coefficient (Wildman–Crippen LogP) is 4.74. The van der Waals surface area contributed by atoms with Crippen molar-refractivity contribution in [3.63, 3.8) is 0 Å². The lowest BCUT2D eigenvalue weighted by Crippen LogP contribution is -2.53. The van der Waals surface area contributed by atoms with Crippen LogP contribution in [0.25, 0.3) is 0 Å². The van der Waals surface area contributed by atoms with E-state index in [1.807, 2.05) is 26.0 Å². The second-order valence-corrected chi connectivity index (χ2v) is 6.46. The van der Waals surface area contributed by atoms with Gasteiger partial charge in [-0.15, -0.1) is 11.6 Å². The highest BCUT2D eigenvalue weighted by Gasteiger charge is 2.49. The van der Waals surface area contributed by atoms with Gasteiger partial charge < -0.3 is 4.74 Å². The van der Waals surface area contributed by atoms with Crippen LogP contribution in [0.4, 0.5) is 0 Å². The molecular weight excluding hydrogens is 255 g/mol. The summed E-state index contributed by atoms with van der Waals surface area (Å²) in [6.07, 6.45) is 1.11. The molecule has 2 atom stereocenters. The highest BCUT2D eigenvalue weighted by Crippen LogP contribution is 2.47. The molecule has 3 heteroatoms. The van der Waals surface area contributed by atoms with Crippen LogP contribution in [0.5, 0.6) is 5.75 Å². The molecule has 1 aromatic rings. The molecule has 1 fully saturated rings. The van der Waals surface area contributed by atoms with Crippen molar-refractivity contribution in [3.05, 3.63) is 28.3 Å². The molecule has 1 aliphatic carbocycles. The summed E-state index contributed by atoms with van der Waals surface area (Å²) >= 11 is 12.2. The first-order valence-corrected chi connectivity index (χ1v) is 6.71. The van der Waals surface area contributed by atoms with Crippen LogP contribution in [-0.2, 0) is 0 Å². The molecule has 0 radical (unpaired) electrons. The fraction of sp³-hybridized carbons (Fsp3) is 0.571. The molecule has 0 spiro atoms. The molecule has 0 saturated heterocycles. The lowest BCUT2D eigenvalue weighted by atomic mass is 9.68. The Morgan fingerprint density at radius 3 is 2.18 bits per heavy atom. The maximum Gasteiger partial charge on any atom is 0.125 e. The molecule has 0 aromatic heterocycles. The van der Waals surface area contributed by atoms with Crippen LogP contribution in [0, 0.1) is 19.3 Å². The Hall–Kier alpha value is -0.400. The van der Waals surface area contributed by atoms with Crippen LogP contribution < -0.4 is 4.74 Å². The Bertz CT molecular complexity index is 417. The van der Waals surface area contributed by atoms with E-state index in [0.29, 0.717) is 0 Å². The largest absolute Gasteiger partial charge is 0.489 e. The molecule has 94 valence electrons. The van der Waals surface area contributed by atoms with Crippen molar-refractivity contribution >= 4 is 23.2 Å². The van der Waals surface area contributed by atoms with Crippen molar-refractivity contribution in [3.8, 4) is 5.75 Å². The molecule has 1 nitrogen and oxygen atoms in total. The number of alkyl halides is 1. The average Bonchev–Trinajstić information content (AvgIpc) is 2.21. The minimum Gasteiger partial charge on any atom is -0.489 e. The third kappa shape index (κ3) is 2.28. The molecule has 1 saturated carbocycles. The molecule has 2 rings (SSSR count). The minimum atomic E-state index is 0.0417. The Morgan fingerprint density at radius 1 is 1.24 bits per heavy atom. The van der Waals surface area contributed by atoms with Gasteiger partial charge in [0, 0.05) is 22.2 Å². The molecule has 0 amide bonds. The fourth-order valence-electron chi connectivity index (χ4n) is 2.26. The summed E-state index contributed by atoms with van der Waals surface area (Å²) in [4.78, 5) is 0. The first kappa shape index (κ1) is 13.0. The van der Waals surface area contributed by atoms with E-state index in [0.717, 1.165) is 28.3 Å². The maximum atomic E-state index is 6.21. The van der Waals surface area contributed by atoms with Gasteiger partial charge in [-0.3, -0.25) is 0 Å². The Labute approximate surface area is 113 Å². The van der Waals surface area contributed by atoms with E-state index in [4.69, 9.17) is 27.9 Å². The number of hydrogen-bond acceptors (Lipinski definition) is 1. The van der Waals surface area contributed by atoms with Crippen LogP contribution in [-0.4, -0.2) is 11.5 Å². The molecule has 0 aliphatic heterocycles. The van der Waals surface area contributed by atoms with Crippen molar-refractivity contribution in [2.45, 2.75) is 45.6 Å². The van der Waals surface area contributed by atoms with Gasteiger partial charge in [0.1, 0.15) is 11.9 Å². The van der Waals surface area contributed by atoms with E-state index in [1.54, 1.807) is 0 Å². The molecular formula is C14H18Cl2O. The van der Waals surface area contributed by atoms with E-state index < -0.39 is 0 Å². The van der Waals surface area contributed by atoms with Crippen molar-refractivity contribution in [2.75, 3.05) is 0 Å². The van der Waals surface area contributed by atoms with Crippen molar-refractivity contribution in [1.82, 2.24) is 0 Å². The van der Waals surface area contributed by atoms with Gasteiger partial charge in [0.25, 0.3) is 0 Å². The van der Waals surface area contributed by atoms with Crippen LogP contribution in [0.15, 0.2) is 12.1 Å². The highest BCUT2D eigenvalue weighted by molar-refractivity contribution is 6.30. The Balaban J connectivity index is 2.21. The number of rotatable bonds is 2. The summed E-state index contributed by atoms with van der Waals surface area (Å²) in [5.74, 6) is 0.955. The van der Waals surface area contributed by atoms with Crippen molar-refractivity contribution < 1.29 is 4.74 Å². The fourth-order valence-corrected chi connectivity index (χ4v) is 2.89. The zero-order chi connectivity index (χ0) is 12.8. The van der Waals surface area contributed by atoms with Crippen molar-refractivity contribution in [2.24, 2.45) is 5.41 Å². The number of hydrogen-bond donors (Lipinski definition) is 0. The van der Waals surface area contributed by atoms with E-state index in [9.17, 15) is 0 Å². The maximum absolute atomic E-state index is 6.21. The summed E-state index contributed by atoms with van der Waals surface area (Å²) in [6.45, 7) is 8.36. The van der Waals surface area contributed by atoms with Gasteiger partial charge in [-0.25, -0.2) is 0 Å². The van der Waals surface area contributed by atoms with Gasteiger partial charge in [0.05, 0.1) is 0 Å². The highest BCUT2D eigenvalue weighted by atomic mass is 35.5. The van der Waals surface area contributed by atoms with Crippen molar-refractivity contribution in [1.29, 1.82) is 0 Å². The molecule has 0 N–H and O–H groups in total. The Kier molecular flexibility index (Phi) is 3.35. The van der Waals surface area contributed by atoms with Gasteiger partial charge in [0.15, 0.2) is 0 Å². The SMILES string of the molecule is Cc1cc(Cl)cc(C)c1OC1CC(Cl)C1(C)C. The molecule has 1 aromatic carbocycles. The lowest BCUT2D eigenvalue weighted by Gasteiger charge is -2.48. The summed E-state index contributed by atoms with van der Waals surface area (Å²) in [5.41, 5.74) is 2.22. The second kappa shape index (κ2) is 4.37. The van der Waals surface area contributed by atoms with Gasteiger partial charge in [-0.1, -0.05) is 25.4 Å². The lowest BCUT2D eigenvalue weighted by molar-refractivity contribution is -0.0138. The number of aryl methyl sites for hydroxylation is 2. The minimum absolute atomic E-state index is 0.0417. The van der Waals surface area contributed by atoms with E-state index in [-0.39, 0.29) is 16.9 Å². The molecule has 0 heterocycles. The third-order valence-corrected chi connectivity index (χ3v) is 4.70. The van der Waals surface area contributed by atoms with Gasteiger partial charge in [-0.2, -0.15) is 0 Å². The number of halogens is 2. The summed E-state index contributed by atoms with van der Waals surface area (Å²) in [6, 6.07) is 3.88. The van der Waals surface area contributed by atoms with Gasteiger partial charge in [0.2, 0.25) is 0 Å². The zero-order valence-electron chi connectivity index (χ0n) is 10.7. The first-order valence-electron chi connectivity index (χ1n) is 5.90. The van der Waals surface area contributed by atoms with Gasteiger partial charge >= 0.3 is 0 Å². The van der Waals surface area contributed by atoms with Crippen LogP contribution in [0.1, 0.15) is 31.4 Å². The molecule has 17 heavy (non-hydrogen) atoms. The topological polar surface area (TPSA) is 9.23 Å². The number of ether oxygens (including phenoxy) is 1. The first-order chi connectivity index (χ1) is 7.82. The standard InChI is InChI=1S/C14H18Cl2O/c1-8-5-10(15)6-9(2)13(8)17-12-7-11(16)14(12,3)4/h5-6,11-12H,7H2,1-4H3. The summed E-state index contributed by atoms with van der Waals surface area (Å²) in [5, 5.41) is 0.968. The smallest absolute Gasteiger partial charge is 0.125 e. The van der Waals surface area contributed by atoms with Crippen LogP contribution >= 0.6 is 23.2 Å². The zero-order valence-corrected chi connectivity index (χ0v) is 12.2.